The molecule has 1 atom stereocenters. The topological polar surface area (TPSA) is 71.3 Å². The number of amides is 1. The van der Waals surface area contributed by atoms with Crippen LogP contribution >= 0.6 is 0 Å². The summed E-state index contributed by atoms with van der Waals surface area (Å²) in [7, 11) is 0. The second-order valence-electron chi connectivity index (χ2n) is 6.44. The highest BCUT2D eigenvalue weighted by molar-refractivity contribution is 6.07. The first-order valence-electron chi connectivity index (χ1n) is 7.90. The van der Waals surface area contributed by atoms with Crippen molar-refractivity contribution in [2.75, 3.05) is 0 Å². The summed E-state index contributed by atoms with van der Waals surface area (Å²) >= 11 is 0. The number of aromatic nitrogens is 1. The Labute approximate surface area is 136 Å². The highest BCUT2D eigenvalue weighted by atomic mass is 16.4. The number of rotatable bonds is 6. The van der Waals surface area contributed by atoms with E-state index in [1.807, 2.05) is 55.8 Å². The van der Waals surface area contributed by atoms with E-state index >= 15 is 0 Å². The van der Waals surface area contributed by atoms with Crippen LogP contribution in [0.3, 0.4) is 0 Å². The van der Waals surface area contributed by atoms with E-state index in [0.717, 1.165) is 17.4 Å². The molecule has 0 spiro atoms. The smallest absolute Gasteiger partial charge is 0.305 e. The molecule has 5 heteroatoms. The molecule has 0 saturated carbocycles. The quantitative estimate of drug-likeness (QED) is 0.859. The molecule has 1 unspecified atom stereocenters. The molecule has 0 radical (unpaired) electrons. The molecule has 5 nitrogen and oxygen atoms in total. The summed E-state index contributed by atoms with van der Waals surface area (Å²) in [6.45, 7) is 8.40. The molecule has 0 aliphatic heterocycles. The number of hydrogen-bond acceptors (Lipinski definition) is 2. The van der Waals surface area contributed by atoms with Gasteiger partial charge in [-0.1, -0.05) is 32.0 Å². The van der Waals surface area contributed by atoms with Crippen LogP contribution < -0.4 is 5.32 Å². The van der Waals surface area contributed by atoms with Gasteiger partial charge >= 0.3 is 5.97 Å². The van der Waals surface area contributed by atoms with E-state index in [9.17, 15) is 9.59 Å². The van der Waals surface area contributed by atoms with Gasteiger partial charge in [0.2, 0.25) is 0 Å². The lowest BCUT2D eigenvalue weighted by Crippen LogP contribution is -2.51. The normalized spacial score (nSPS) is 14.0. The van der Waals surface area contributed by atoms with Gasteiger partial charge in [-0.05, 0) is 25.8 Å². The highest BCUT2D eigenvalue weighted by Gasteiger charge is 2.33. The van der Waals surface area contributed by atoms with Crippen molar-refractivity contribution in [2.24, 2.45) is 5.92 Å². The number of benzene rings is 1. The number of nitrogens with one attached hydrogen (secondary N) is 1. The Hall–Kier alpha value is -2.30. The van der Waals surface area contributed by atoms with E-state index in [1.165, 1.54) is 0 Å². The average Bonchev–Trinajstić information content (AvgIpc) is 2.85. The number of fused-ring (bicyclic) bond motifs is 1. The zero-order chi connectivity index (χ0) is 17.2. The average molecular weight is 316 g/mol. The summed E-state index contributed by atoms with van der Waals surface area (Å²) < 4.78 is 2.02. The highest BCUT2D eigenvalue weighted by Crippen LogP contribution is 2.25. The molecule has 23 heavy (non-hydrogen) atoms. The van der Waals surface area contributed by atoms with Gasteiger partial charge in [-0.25, -0.2) is 0 Å². The summed E-state index contributed by atoms with van der Waals surface area (Å²) in [4.78, 5) is 23.9. The SMILES string of the molecule is CCn1cc(C(=O)NC(C)(CC(=O)O)C(C)C)c2ccccc21. The van der Waals surface area contributed by atoms with Crippen LogP contribution in [0.4, 0.5) is 0 Å². The van der Waals surface area contributed by atoms with E-state index in [1.54, 1.807) is 6.92 Å². The summed E-state index contributed by atoms with van der Waals surface area (Å²) in [6, 6.07) is 7.74. The van der Waals surface area contributed by atoms with Crippen molar-refractivity contribution < 1.29 is 14.7 Å². The molecule has 124 valence electrons. The number of aliphatic carboxylic acids is 1. The second-order valence-corrected chi connectivity index (χ2v) is 6.44. The molecule has 1 aromatic heterocycles. The van der Waals surface area contributed by atoms with Gasteiger partial charge in [0, 0.05) is 23.6 Å². The number of nitrogens with zero attached hydrogens (tertiary/aromatic N) is 1. The first-order valence-corrected chi connectivity index (χ1v) is 7.90. The van der Waals surface area contributed by atoms with Crippen LogP contribution in [0, 0.1) is 5.92 Å². The minimum atomic E-state index is -0.919. The molecule has 2 aromatic rings. The Morgan fingerprint density at radius 2 is 1.96 bits per heavy atom. The van der Waals surface area contributed by atoms with E-state index in [0.29, 0.717) is 5.56 Å². The van der Waals surface area contributed by atoms with Crippen LogP contribution in [0.2, 0.25) is 0 Å². The van der Waals surface area contributed by atoms with Gasteiger partial charge in [0.15, 0.2) is 0 Å². The van der Waals surface area contributed by atoms with Gasteiger partial charge in [0.1, 0.15) is 0 Å². The van der Waals surface area contributed by atoms with Crippen molar-refractivity contribution >= 4 is 22.8 Å². The van der Waals surface area contributed by atoms with Gasteiger partial charge in [-0.15, -0.1) is 0 Å². The van der Waals surface area contributed by atoms with E-state index in [4.69, 9.17) is 5.11 Å². The lowest BCUT2D eigenvalue weighted by Gasteiger charge is -2.33. The molecule has 0 saturated heterocycles. The predicted molar refractivity (Wildman–Crippen MR) is 90.6 cm³/mol. The fraction of sp³-hybridized carbons (Fsp3) is 0.444. The summed E-state index contributed by atoms with van der Waals surface area (Å²) in [5, 5.41) is 13.0. The number of carbonyl (C=O) groups excluding carboxylic acids is 1. The zero-order valence-electron chi connectivity index (χ0n) is 14.1. The number of carbonyl (C=O) groups is 2. The molecule has 0 bridgehead atoms. The lowest BCUT2D eigenvalue weighted by molar-refractivity contribution is -0.138. The van der Waals surface area contributed by atoms with Crippen molar-refractivity contribution in [3.8, 4) is 0 Å². The fourth-order valence-corrected chi connectivity index (χ4v) is 2.72. The van der Waals surface area contributed by atoms with E-state index < -0.39 is 11.5 Å². The van der Waals surface area contributed by atoms with Gasteiger partial charge in [-0.2, -0.15) is 0 Å². The molecule has 2 rings (SSSR count). The first kappa shape index (κ1) is 17.1. The van der Waals surface area contributed by atoms with Crippen LogP contribution in [0.25, 0.3) is 10.9 Å². The third-order valence-corrected chi connectivity index (χ3v) is 4.57. The number of carboxylic acids is 1. The summed E-state index contributed by atoms with van der Waals surface area (Å²) in [6.07, 6.45) is 1.73. The monoisotopic (exact) mass is 316 g/mol. The van der Waals surface area contributed by atoms with Crippen LogP contribution in [0.15, 0.2) is 30.5 Å². The Balaban J connectivity index is 2.39. The Bertz CT molecular complexity index is 733. The third-order valence-electron chi connectivity index (χ3n) is 4.57. The number of carboxylic acid groups (broad SMARTS) is 1. The minimum absolute atomic E-state index is 0.00192. The van der Waals surface area contributed by atoms with Gasteiger partial charge in [0.05, 0.1) is 17.5 Å². The second kappa shape index (κ2) is 6.44. The van der Waals surface area contributed by atoms with Crippen molar-refractivity contribution in [1.29, 1.82) is 0 Å². The standard InChI is InChI=1S/C18H24N2O3/c1-5-20-11-14(13-8-6-7-9-15(13)20)17(23)19-18(4,12(2)3)10-16(21)22/h6-9,11-12H,5,10H2,1-4H3,(H,19,23)(H,21,22). The zero-order valence-corrected chi connectivity index (χ0v) is 14.1. The molecule has 0 aliphatic carbocycles. The largest absolute Gasteiger partial charge is 0.481 e. The predicted octanol–water partition coefficient (Wildman–Crippen LogP) is 3.28. The maximum Gasteiger partial charge on any atom is 0.305 e. The Kier molecular flexibility index (Phi) is 4.78. The van der Waals surface area contributed by atoms with Crippen molar-refractivity contribution in [1.82, 2.24) is 9.88 Å². The molecular weight excluding hydrogens is 292 g/mol. The molecule has 0 aliphatic rings. The third kappa shape index (κ3) is 3.38. The van der Waals surface area contributed by atoms with Crippen molar-refractivity contribution in [2.45, 2.75) is 46.2 Å². The van der Waals surface area contributed by atoms with E-state index in [-0.39, 0.29) is 18.2 Å². The lowest BCUT2D eigenvalue weighted by atomic mass is 9.85. The molecular formula is C18H24N2O3. The van der Waals surface area contributed by atoms with Crippen molar-refractivity contribution in [3.63, 3.8) is 0 Å². The molecule has 0 fully saturated rings. The molecule has 1 heterocycles. The number of para-hydroxylation sites is 1. The van der Waals surface area contributed by atoms with Crippen LogP contribution in [-0.4, -0.2) is 27.1 Å². The number of hydrogen-bond donors (Lipinski definition) is 2. The maximum absolute atomic E-state index is 12.8. The van der Waals surface area contributed by atoms with Crippen LogP contribution in [0.5, 0.6) is 0 Å². The van der Waals surface area contributed by atoms with Crippen LogP contribution in [0.1, 0.15) is 44.5 Å². The molecule has 1 aromatic carbocycles. The Morgan fingerprint density at radius 1 is 1.30 bits per heavy atom. The number of aryl methyl sites for hydroxylation is 1. The Morgan fingerprint density at radius 3 is 2.52 bits per heavy atom. The van der Waals surface area contributed by atoms with E-state index in [2.05, 4.69) is 5.32 Å². The molecule has 2 N–H and O–H groups in total. The fourth-order valence-electron chi connectivity index (χ4n) is 2.72. The summed E-state index contributed by atoms with van der Waals surface area (Å²) in [5.41, 5.74) is 0.794. The van der Waals surface area contributed by atoms with Gasteiger partial charge < -0.3 is 15.0 Å². The van der Waals surface area contributed by atoms with Crippen molar-refractivity contribution in [3.05, 3.63) is 36.0 Å². The van der Waals surface area contributed by atoms with Gasteiger partial charge in [0.25, 0.3) is 5.91 Å². The summed E-state index contributed by atoms with van der Waals surface area (Å²) in [5.74, 6) is -1.15. The van der Waals surface area contributed by atoms with Crippen LogP contribution in [-0.2, 0) is 11.3 Å². The molecule has 1 amide bonds. The first-order chi connectivity index (χ1) is 10.8. The minimum Gasteiger partial charge on any atom is -0.481 e. The van der Waals surface area contributed by atoms with Gasteiger partial charge in [-0.3, -0.25) is 9.59 Å². The maximum atomic E-state index is 12.8.